The van der Waals surface area contributed by atoms with Crippen LogP contribution in [-0.2, 0) is 9.59 Å². The Morgan fingerprint density at radius 3 is 2.46 bits per heavy atom. The maximum atomic E-state index is 12.2. The van der Waals surface area contributed by atoms with E-state index >= 15 is 0 Å². The summed E-state index contributed by atoms with van der Waals surface area (Å²) in [5.74, 6) is 0.287. The van der Waals surface area contributed by atoms with Crippen molar-refractivity contribution in [3.63, 3.8) is 0 Å². The number of rotatable bonds is 6. The van der Waals surface area contributed by atoms with Crippen LogP contribution in [0.5, 0.6) is 5.75 Å². The van der Waals surface area contributed by atoms with Crippen LogP contribution in [0.25, 0.3) is 0 Å². The van der Waals surface area contributed by atoms with Gasteiger partial charge in [0, 0.05) is 24.4 Å². The lowest BCUT2D eigenvalue weighted by atomic mass is 10.2. The maximum Gasteiger partial charge on any atom is 0.226 e. The number of hydrogen-bond donors (Lipinski definition) is 1. The fourth-order valence-electron chi connectivity index (χ4n) is 2.29. The Morgan fingerprint density at radius 1 is 1.12 bits per heavy atom. The molecule has 2 amide bonds. The number of halogens is 1. The number of carbonyl (C=O) groups is 2. The van der Waals surface area contributed by atoms with Crippen molar-refractivity contribution in [3.8, 4) is 5.75 Å². The summed E-state index contributed by atoms with van der Waals surface area (Å²) in [6.45, 7) is 1.74. The third-order valence-electron chi connectivity index (χ3n) is 3.47. The van der Waals surface area contributed by atoms with Crippen LogP contribution in [-0.4, -0.2) is 25.5 Å². The first-order valence-electron chi connectivity index (χ1n) is 7.48. The molecule has 126 valence electrons. The van der Waals surface area contributed by atoms with Crippen molar-refractivity contribution < 1.29 is 14.3 Å². The van der Waals surface area contributed by atoms with Gasteiger partial charge >= 0.3 is 0 Å². The lowest BCUT2D eigenvalue weighted by molar-refractivity contribution is -0.117. The van der Waals surface area contributed by atoms with Gasteiger partial charge < -0.3 is 15.0 Å². The highest BCUT2D eigenvalue weighted by molar-refractivity contribution is 9.10. The molecule has 0 spiro atoms. The fraction of sp³-hybridized carbons (Fsp3) is 0.222. The monoisotopic (exact) mass is 390 g/mol. The average Bonchev–Trinajstić information content (AvgIpc) is 2.57. The zero-order chi connectivity index (χ0) is 17.5. The van der Waals surface area contributed by atoms with Crippen molar-refractivity contribution in [1.82, 2.24) is 0 Å². The third-order valence-corrected chi connectivity index (χ3v) is 4.16. The average molecular weight is 391 g/mol. The Labute approximate surface area is 149 Å². The molecule has 0 bridgehead atoms. The van der Waals surface area contributed by atoms with E-state index in [0.717, 1.165) is 4.47 Å². The molecule has 0 saturated carbocycles. The zero-order valence-electron chi connectivity index (χ0n) is 13.6. The summed E-state index contributed by atoms with van der Waals surface area (Å²) in [5, 5.41) is 2.83. The summed E-state index contributed by atoms with van der Waals surface area (Å²) in [5.41, 5.74) is 1.36. The number of benzene rings is 2. The number of anilines is 2. The minimum Gasteiger partial charge on any atom is -0.495 e. The van der Waals surface area contributed by atoms with Crippen LogP contribution in [0.3, 0.4) is 0 Å². The molecule has 5 nitrogen and oxygen atoms in total. The van der Waals surface area contributed by atoms with Crippen molar-refractivity contribution >= 4 is 39.1 Å². The van der Waals surface area contributed by atoms with Gasteiger partial charge in [-0.25, -0.2) is 0 Å². The highest BCUT2D eigenvalue weighted by Crippen LogP contribution is 2.28. The first-order chi connectivity index (χ1) is 11.5. The lowest BCUT2D eigenvalue weighted by Gasteiger charge is -2.23. The van der Waals surface area contributed by atoms with Gasteiger partial charge in [0.1, 0.15) is 5.75 Å². The van der Waals surface area contributed by atoms with Gasteiger partial charge in [0.05, 0.1) is 18.5 Å². The highest BCUT2D eigenvalue weighted by atomic mass is 79.9. The van der Waals surface area contributed by atoms with Gasteiger partial charge in [-0.05, 0) is 40.2 Å². The van der Waals surface area contributed by atoms with E-state index in [1.807, 2.05) is 36.4 Å². The summed E-state index contributed by atoms with van der Waals surface area (Å²) in [6, 6.07) is 14.6. The van der Waals surface area contributed by atoms with E-state index < -0.39 is 0 Å². The predicted molar refractivity (Wildman–Crippen MR) is 98.4 cm³/mol. The number of methoxy groups -OCH3 is 1. The molecule has 2 aromatic rings. The number of nitrogens with one attached hydrogen (secondary N) is 1. The molecule has 0 aliphatic rings. The number of para-hydroxylation sites is 3. The Morgan fingerprint density at radius 2 is 1.79 bits per heavy atom. The number of amides is 2. The first kappa shape index (κ1) is 18.0. The van der Waals surface area contributed by atoms with Crippen LogP contribution in [0.1, 0.15) is 13.3 Å². The van der Waals surface area contributed by atoms with Crippen LogP contribution in [0, 0.1) is 0 Å². The maximum absolute atomic E-state index is 12.2. The molecule has 6 heteroatoms. The third kappa shape index (κ3) is 4.58. The molecule has 0 fully saturated rings. The SMILES string of the molecule is COc1ccccc1N(CCC(=O)Nc1ccccc1Br)C(C)=O. The number of carbonyl (C=O) groups excluding carboxylic acids is 2. The molecule has 2 rings (SSSR count). The molecular weight excluding hydrogens is 372 g/mol. The van der Waals surface area contributed by atoms with Gasteiger partial charge in [-0.1, -0.05) is 24.3 Å². The Hall–Kier alpha value is -2.34. The van der Waals surface area contributed by atoms with Crippen molar-refractivity contribution in [2.45, 2.75) is 13.3 Å². The second-order valence-corrected chi connectivity index (χ2v) is 5.97. The minimum atomic E-state index is -0.164. The van der Waals surface area contributed by atoms with E-state index in [1.165, 1.54) is 6.92 Å². The molecule has 0 radical (unpaired) electrons. The van der Waals surface area contributed by atoms with E-state index in [1.54, 1.807) is 24.1 Å². The first-order valence-corrected chi connectivity index (χ1v) is 8.27. The topological polar surface area (TPSA) is 58.6 Å². The normalized spacial score (nSPS) is 10.1. The summed E-state index contributed by atoms with van der Waals surface area (Å²) < 4.78 is 6.11. The molecule has 0 heterocycles. The Bertz CT molecular complexity index is 734. The summed E-state index contributed by atoms with van der Waals surface area (Å²) >= 11 is 3.39. The molecule has 0 aliphatic heterocycles. The van der Waals surface area contributed by atoms with Crippen molar-refractivity contribution in [2.75, 3.05) is 23.9 Å². The summed E-state index contributed by atoms with van der Waals surface area (Å²) in [7, 11) is 1.55. The van der Waals surface area contributed by atoms with Crippen LogP contribution < -0.4 is 15.0 Å². The molecule has 1 N–H and O–H groups in total. The van der Waals surface area contributed by atoms with Crippen molar-refractivity contribution in [1.29, 1.82) is 0 Å². The largest absolute Gasteiger partial charge is 0.495 e. The van der Waals surface area contributed by atoms with Gasteiger partial charge in [0.2, 0.25) is 11.8 Å². The molecule has 0 unspecified atom stereocenters. The lowest BCUT2D eigenvalue weighted by Crippen LogP contribution is -2.32. The van der Waals surface area contributed by atoms with Crippen molar-refractivity contribution in [3.05, 3.63) is 53.0 Å². The molecular formula is C18H19BrN2O3. The molecule has 24 heavy (non-hydrogen) atoms. The van der Waals surface area contributed by atoms with Gasteiger partial charge in [-0.15, -0.1) is 0 Å². The smallest absolute Gasteiger partial charge is 0.226 e. The van der Waals surface area contributed by atoms with E-state index in [9.17, 15) is 9.59 Å². The highest BCUT2D eigenvalue weighted by Gasteiger charge is 2.17. The standard InChI is InChI=1S/C18H19BrN2O3/c1-13(22)21(16-9-5-6-10-17(16)24-2)12-11-18(23)20-15-8-4-3-7-14(15)19/h3-10H,11-12H2,1-2H3,(H,20,23). The second-order valence-electron chi connectivity index (χ2n) is 5.12. The number of hydrogen-bond acceptors (Lipinski definition) is 3. The zero-order valence-corrected chi connectivity index (χ0v) is 15.2. The van der Waals surface area contributed by atoms with Gasteiger partial charge in [0.25, 0.3) is 0 Å². The number of ether oxygens (including phenoxy) is 1. The molecule has 0 saturated heterocycles. The van der Waals surface area contributed by atoms with Crippen LogP contribution in [0.2, 0.25) is 0 Å². The molecule has 2 aromatic carbocycles. The Kier molecular flexibility index (Phi) is 6.37. The predicted octanol–water partition coefficient (Wildman–Crippen LogP) is 3.84. The molecule has 0 aliphatic carbocycles. The van der Waals surface area contributed by atoms with E-state index in [2.05, 4.69) is 21.2 Å². The van der Waals surface area contributed by atoms with Crippen molar-refractivity contribution in [2.24, 2.45) is 0 Å². The van der Waals surface area contributed by atoms with Gasteiger partial charge in [0.15, 0.2) is 0 Å². The summed E-state index contributed by atoms with van der Waals surface area (Å²) in [4.78, 5) is 25.7. The fourth-order valence-corrected chi connectivity index (χ4v) is 2.67. The van der Waals surface area contributed by atoms with Crippen LogP contribution in [0.4, 0.5) is 11.4 Å². The van der Waals surface area contributed by atoms with E-state index in [0.29, 0.717) is 17.1 Å². The molecule has 0 atom stereocenters. The Balaban J connectivity index is 2.05. The van der Waals surface area contributed by atoms with E-state index in [4.69, 9.17) is 4.74 Å². The van der Waals surface area contributed by atoms with Gasteiger partial charge in [-0.3, -0.25) is 9.59 Å². The second kappa shape index (κ2) is 8.49. The minimum absolute atomic E-state index is 0.145. The van der Waals surface area contributed by atoms with Gasteiger partial charge in [-0.2, -0.15) is 0 Å². The quantitative estimate of drug-likeness (QED) is 0.814. The summed E-state index contributed by atoms with van der Waals surface area (Å²) in [6.07, 6.45) is 0.180. The van der Waals surface area contributed by atoms with Crippen LogP contribution >= 0.6 is 15.9 Å². The van der Waals surface area contributed by atoms with Crippen LogP contribution in [0.15, 0.2) is 53.0 Å². The van der Waals surface area contributed by atoms with E-state index in [-0.39, 0.29) is 24.8 Å². The number of nitrogens with zero attached hydrogens (tertiary/aromatic N) is 1. The molecule has 0 aromatic heterocycles.